The minimum absolute atomic E-state index is 0.239. The highest BCUT2D eigenvalue weighted by molar-refractivity contribution is 5.80. The monoisotopic (exact) mass is 257 g/mol. The minimum Gasteiger partial charge on any atom is -0.462 e. The van der Waals surface area contributed by atoms with Crippen molar-refractivity contribution in [3.8, 4) is 0 Å². The Morgan fingerprint density at radius 3 is 2.50 bits per heavy atom. The van der Waals surface area contributed by atoms with E-state index in [-0.39, 0.29) is 23.6 Å². The first-order chi connectivity index (χ1) is 8.07. The normalized spacial score (nSPS) is 24.2. The molecule has 1 heterocycles. The lowest BCUT2D eigenvalue weighted by molar-refractivity contribution is -0.184. The van der Waals surface area contributed by atoms with Gasteiger partial charge in [0.05, 0.1) is 5.54 Å². The summed E-state index contributed by atoms with van der Waals surface area (Å²) in [4.78, 5) is 24.8. The van der Waals surface area contributed by atoms with Crippen molar-refractivity contribution in [3.63, 3.8) is 0 Å². The van der Waals surface area contributed by atoms with Crippen LogP contribution in [0.2, 0.25) is 0 Å². The molecule has 1 unspecified atom stereocenters. The lowest BCUT2D eigenvalue weighted by Crippen LogP contribution is -2.67. The summed E-state index contributed by atoms with van der Waals surface area (Å²) < 4.78 is 10.4. The van der Waals surface area contributed by atoms with Crippen molar-refractivity contribution < 1.29 is 19.1 Å². The summed E-state index contributed by atoms with van der Waals surface area (Å²) in [7, 11) is 0. The number of hydrogen-bond donors (Lipinski definition) is 0. The molecule has 1 saturated heterocycles. The SMILES string of the molecule is CC(=O)OC(C)CN1C(C)(C)COC(=O)C1(C)C. The van der Waals surface area contributed by atoms with Gasteiger partial charge in [-0.15, -0.1) is 0 Å². The van der Waals surface area contributed by atoms with E-state index in [0.29, 0.717) is 13.2 Å². The van der Waals surface area contributed by atoms with Crippen LogP contribution in [0.5, 0.6) is 0 Å². The van der Waals surface area contributed by atoms with Crippen LogP contribution in [0.4, 0.5) is 0 Å². The molecule has 1 fully saturated rings. The molecule has 0 aliphatic carbocycles. The van der Waals surface area contributed by atoms with E-state index >= 15 is 0 Å². The molecule has 0 aromatic rings. The zero-order valence-corrected chi connectivity index (χ0v) is 12.1. The van der Waals surface area contributed by atoms with Gasteiger partial charge in [-0.05, 0) is 34.6 Å². The highest BCUT2D eigenvalue weighted by Crippen LogP contribution is 2.31. The largest absolute Gasteiger partial charge is 0.462 e. The number of esters is 2. The fourth-order valence-electron chi connectivity index (χ4n) is 2.42. The maximum absolute atomic E-state index is 11.8. The van der Waals surface area contributed by atoms with E-state index in [4.69, 9.17) is 9.47 Å². The van der Waals surface area contributed by atoms with Crippen LogP contribution in [-0.4, -0.2) is 47.2 Å². The average molecular weight is 257 g/mol. The van der Waals surface area contributed by atoms with E-state index in [1.807, 2.05) is 39.5 Å². The summed E-state index contributed by atoms with van der Waals surface area (Å²) in [6.07, 6.45) is -0.257. The summed E-state index contributed by atoms with van der Waals surface area (Å²) in [5.74, 6) is -0.547. The fourth-order valence-corrected chi connectivity index (χ4v) is 2.42. The molecule has 18 heavy (non-hydrogen) atoms. The standard InChI is InChI=1S/C13H23NO4/c1-9(18-10(2)15)7-14-12(3,4)8-17-11(16)13(14,5)6/h9H,7-8H2,1-6H3. The molecule has 1 aliphatic rings. The molecule has 5 nitrogen and oxygen atoms in total. The summed E-state index contributed by atoms with van der Waals surface area (Å²) in [5, 5.41) is 0. The van der Waals surface area contributed by atoms with E-state index in [9.17, 15) is 9.59 Å². The van der Waals surface area contributed by atoms with Crippen molar-refractivity contribution in [2.24, 2.45) is 0 Å². The minimum atomic E-state index is -0.712. The average Bonchev–Trinajstić information content (AvgIpc) is 2.19. The molecule has 5 heteroatoms. The molecule has 0 aromatic carbocycles. The highest BCUT2D eigenvalue weighted by Gasteiger charge is 2.49. The zero-order chi connectivity index (χ0) is 14.1. The van der Waals surface area contributed by atoms with Crippen molar-refractivity contribution in [2.45, 2.75) is 58.7 Å². The van der Waals surface area contributed by atoms with E-state index in [1.54, 1.807) is 0 Å². The zero-order valence-electron chi connectivity index (χ0n) is 12.1. The Kier molecular flexibility index (Phi) is 4.05. The summed E-state index contributed by atoms with van der Waals surface area (Å²) in [5.41, 5.74) is -0.984. The van der Waals surface area contributed by atoms with Gasteiger partial charge in [-0.2, -0.15) is 0 Å². The van der Waals surface area contributed by atoms with Gasteiger partial charge >= 0.3 is 11.9 Å². The third-order valence-corrected chi connectivity index (χ3v) is 3.27. The Morgan fingerprint density at radius 2 is 2.00 bits per heavy atom. The van der Waals surface area contributed by atoms with Gasteiger partial charge in [-0.1, -0.05) is 0 Å². The second-order valence-electron chi connectivity index (χ2n) is 5.98. The van der Waals surface area contributed by atoms with Gasteiger partial charge in [0.1, 0.15) is 18.2 Å². The molecule has 0 aromatic heterocycles. The van der Waals surface area contributed by atoms with Crippen molar-refractivity contribution in [1.82, 2.24) is 4.90 Å². The predicted molar refractivity (Wildman–Crippen MR) is 67.1 cm³/mol. The molecule has 0 amide bonds. The third kappa shape index (κ3) is 3.02. The van der Waals surface area contributed by atoms with Crippen LogP contribution in [0.15, 0.2) is 0 Å². The van der Waals surface area contributed by atoms with Gasteiger partial charge in [0.2, 0.25) is 0 Å². The Bertz CT molecular complexity index is 349. The third-order valence-electron chi connectivity index (χ3n) is 3.27. The summed E-state index contributed by atoms with van der Waals surface area (Å²) in [6.45, 7) is 11.8. The maximum Gasteiger partial charge on any atom is 0.326 e. The molecule has 1 aliphatic heterocycles. The van der Waals surface area contributed by atoms with E-state index < -0.39 is 5.54 Å². The van der Waals surface area contributed by atoms with Crippen molar-refractivity contribution in [1.29, 1.82) is 0 Å². The van der Waals surface area contributed by atoms with E-state index in [2.05, 4.69) is 0 Å². The van der Waals surface area contributed by atoms with E-state index in [0.717, 1.165) is 0 Å². The van der Waals surface area contributed by atoms with Crippen LogP contribution >= 0.6 is 0 Å². The smallest absolute Gasteiger partial charge is 0.326 e. The molecule has 0 saturated carbocycles. The fraction of sp³-hybridized carbons (Fsp3) is 0.846. The Hall–Kier alpha value is -1.10. The lowest BCUT2D eigenvalue weighted by atomic mass is 9.90. The van der Waals surface area contributed by atoms with Gasteiger partial charge in [0.25, 0.3) is 0 Å². The van der Waals surface area contributed by atoms with Crippen LogP contribution in [0.3, 0.4) is 0 Å². The summed E-state index contributed by atoms with van der Waals surface area (Å²) in [6, 6.07) is 0. The highest BCUT2D eigenvalue weighted by atomic mass is 16.5. The Morgan fingerprint density at radius 1 is 1.44 bits per heavy atom. The predicted octanol–water partition coefficient (Wildman–Crippen LogP) is 1.35. The number of carbonyl (C=O) groups is 2. The molecular weight excluding hydrogens is 234 g/mol. The molecule has 0 radical (unpaired) electrons. The number of nitrogens with zero attached hydrogens (tertiary/aromatic N) is 1. The topological polar surface area (TPSA) is 55.8 Å². The molecule has 1 rings (SSSR count). The van der Waals surface area contributed by atoms with Crippen LogP contribution in [0.1, 0.15) is 41.5 Å². The number of ether oxygens (including phenoxy) is 2. The number of cyclic esters (lactones) is 1. The van der Waals surface area contributed by atoms with Gasteiger partial charge < -0.3 is 9.47 Å². The van der Waals surface area contributed by atoms with Gasteiger partial charge in [0.15, 0.2) is 0 Å². The van der Waals surface area contributed by atoms with Gasteiger partial charge in [0, 0.05) is 13.5 Å². The maximum atomic E-state index is 11.8. The first kappa shape index (κ1) is 15.0. The van der Waals surface area contributed by atoms with Crippen molar-refractivity contribution >= 4 is 11.9 Å². The molecular formula is C13H23NO4. The molecule has 104 valence electrons. The molecule has 0 spiro atoms. The molecule has 0 N–H and O–H groups in total. The number of rotatable bonds is 3. The Balaban J connectivity index is 2.86. The van der Waals surface area contributed by atoms with E-state index in [1.165, 1.54) is 6.92 Å². The van der Waals surface area contributed by atoms with Gasteiger partial charge in [-0.3, -0.25) is 14.5 Å². The lowest BCUT2D eigenvalue weighted by Gasteiger charge is -2.51. The summed E-state index contributed by atoms with van der Waals surface area (Å²) >= 11 is 0. The number of morpholine rings is 1. The van der Waals surface area contributed by atoms with Crippen LogP contribution in [0, 0.1) is 0 Å². The van der Waals surface area contributed by atoms with Gasteiger partial charge in [-0.25, -0.2) is 0 Å². The molecule has 1 atom stereocenters. The first-order valence-electron chi connectivity index (χ1n) is 6.19. The van der Waals surface area contributed by atoms with Crippen LogP contribution < -0.4 is 0 Å². The quantitative estimate of drug-likeness (QED) is 0.714. The Labute approximate surface area is 108 Å². The molecule has 0 bridgehead atoms. The number of hydrogen-bond acceptors (Lipinski definition) is 5. The number of carbonyl (C=O) groups excluding carboxylic acids is 2. The van der Waals surface area contributed by atoms with Crippen LogP contribution in [-0.2, 0) is 19.1 Å². The second-order valence-corrected chi connectivity index (χ2v) is 5.98. The van der Waals surface area contributed by atoms with Crippen LogP contribution in [0.25, 0.3) is 0 Å². The first-order valence-corrected chi connectivity index (χ1v) is 6.19. The van der Waals surface area contributed by atoms with Crippen molar-refractivity contribution in [3.05, 3.63) is 0 Å². The second kappa shape index (κ2) is 4.88. The van der Waals surface area contributed by atoms with Crippen molar-refractivity contribution in [2.75, 3.05) is 13.2 Å².